The van der Waals surface area contributed by atoms with E-state index in [0.29, 0.717) is 11.5 Å². The highest BCUT2D eigenvalue weighted by Gasteiger charge is 2.41. The minimum absolute atomic E-state index is 0.00560. The Balaban J connectivity index is 1.64. The molecule has 8 rings (SSSR count). The summed E-state index contributed by atoms with van der Waals surface area (Å²) in [6, 6.07) is 36.4. The van der Waals surface area contributed by atoms with Crippen LogP contribution in [0.15, 0.2) is 114 Å². The van der Waals surface area contributed by atoms with E-state index >= 15 is 0 Å². The summed E-state index contributed by atoms with van der Waals surface area (Å²) >= 11 is 0. The van der Waals surface area contributed by atoms with Crippen LogP contribution >= 0.6 is 16.5 Å². The molecule has 0 fully saturated rings. The lowest BCUT2D eigenvalue weighted by atomic mass is 9.66. The van der Waals surface area contributed by atoms with Crippen LogP contribution in [0.5, 0.6) is 11.5 Å². The molecule has 0 unspecified atom stereocenters. The predicted octanol–water partition coefficient (Wildman–Crippen LogP) is 28.3. The van der Waals surface area contributed by atoms with Crippen LogP contribution in [0.4, 0.5) is 0 Å². The first-order valence-electron chi connectivity index (χ1n) is 34.2. The van der Waals surface area contributed by atoms with Gasteiger partial charge in [0, 0.05) is 43.8 Å². The molecule has 0 radical (unpaired) electrons. The van der Waals surface area contributed by atoms with Gasteiger partial charge in [-0.3, -0.25) is 0 Å². The molecule has 0 aliphatic carbocycles. The van der Waals surface area contributed by atoms with Crippen LogP contribution in [0.3, 0.4) is 0 Å². The Labute approximate surface area is 559 Å². The highest BCUT2D eigenvalue weighted by molar-refractivity contribution is 7.32. The summed E-state index contributed by atoms with van der Waals surface area (Å²) in [5.74, 6) is 1.43. The van der Waals surface area contributed by atoms with Gasteiger partial charge in [0.2, 0.25) is 0 Å². The molecule has 502 valence electrons. The number of hydrogen-bond donors (Lipinski definition) is 0. The third kappa shape index (κ3) is 17.0. The highest BCUT2D eigenvalue weighted by atomic mass is 31.1. The Morgan fingerprint density at radius 3 is 0.685 bits per heavy atom. The normalized spacial score (nSPS) is 14.0. The van der Waals surface area contributed by atoms with Gasteiger partial charge in [0.15, 0.2) is 0 Å². The summed E-state index contributed by atoms with van der Waals surface area (Å²) in [6.07, 6.45) is 3.59. The monoisotopic (exact) mass is 1290 g/mol. The maximum absolute atomic E-state index is 7.99. The molecule has 0 amide bonds. The lowest BCUT2D eigenvalue weighted by molar-refractivity contribution is 0.275. The fraction of sp³-hybridized carbons (Fsp3) is 0.571. The average Bonchev–Trinajstić information content (AvgIpc) is 0.888. The molecule has 0 aliphatic heterocycles. The zero-order chi connectivity index (χ0) is 69.1. The molecular weight excluding hydrogens is 1170 g/mol. The van der Waals surface area contributed by atoms with E-state index < -0.39 is 27.3 Å². The Kier molecular flexibility index (Phi) is 19.3. The topological polar surface area (TPSA) is 71.0 Å². The SMILES string of the molecule is CC(C)(C)CC(C)(C)c1cc(-c2cc(C(C)(C)CC(C)(C)C)cc(C(C)(C)CC(C)(C)C)c2Op2oc3ccc(C(C)(C)C)cc3c3cc(C(C)(C)C)ccc3o2)c(Op2oc3ccc(C(C)(C)C)cc3c3cc(C(C)(C)C)ccc3o2)c(C(C)(C)CC(C)(C)C)c1. The van der Waals surface area contributed by atoms with Crippen molar-refractivity contribution in [1.82, 2.24) is 0 Å². The van der Waals surface area contributed by atoms with Crippen LogP contribution in [0, 0.1) is 21.7 Å². The summed E-state index contributed by atoms with van der Waals surface area (Å²) < 4.78 is 45.4. The molecule has 0 bridgehead atoms. The van der Waals surface area contributed by atoms with Gasteiger partial charge in [0.1, 0.15) is 33.8 Å². The van der Waals surface area contributed by atoms with Gasteiger partial charge in [-0.2, -0.15) is 0 Å². The van der Waals surface area contributed by atoms with Crippen LogP contribution in [0.2, 0.25) is 0 Å². The molecule has 2 heterocycles. The van der Waals surface area contributed by atoms with E-state index in [1.165, 1.54) is 33.4 Å². The van der Waals surface area contributed by atoms with E-state index in [9.17, 15) is 0 Å². The number of fused-ring (bicyclic) bond motifs is 6. The summed E-state index contributed by atoms with van der Waals surface area (Å²) in [5, 5.41) is 3.97. The molecule has 6 nitrogen and oxygen atoms in total. The number of hydrogen-bond acceptors (Lipinski definition) is 6. The van der Waals surface area contributed by atoms with E-state index in [1.807, 2.05) is 0 Å². The van der Waals surface area contributed by atoms with Crippen molar-refractivity contribution in [3.8, 4) is 22.6 Å². The van der Waals surface area contributed by atoms with Crippen LogP contribution in [0.1, 0.15) is 292 Å². The average molecular weight is 1290 g/mol. The Bertz CT molecular complexity index is 3700. The molecule has 0 atom stereocenters. The van der Waals surface area contributed by atoms with Gasteiger partial charge in [-0.05, 0) is 185 Å². The van der Waals surface area contributed by atoms with E-state index in [-0.39, 0.29) is 54.1 Å². The van der Waals surface area contributed by atoms with Crippen molar-refractivity contribution in [3.05, 3.63) is 142 Å². The van der Waals surface area contributed by atoms with Crippen LogP contribution in [0.25, 0.3) is 55.0 Å². The van der Waals surface area contributed by atoms with Crippen molar-refractivity contribution in [2.45, 2.75) is 291 Å². The zero-order valence-electron chi connectivity index (χ0n) is 63.4. The molecular formula is C84H120O6P2. The first-order chi connectivity index (χ1) is 41.5. The Hall–Kier alpha value is -5.28. The van der Waals surface area contributed by atoms with Crippen molar-refractivity contribution in [2.24, 2.45) is 21.7 Å². The van der Waals surface area contributed by atoms with Gasteiger partial charge in [-0.15, -0.1) is 0 Å². The fourth-order valence-corrected chi connectivity index (χ4v) is 17.3. The van der Waals surface area contributed by atoms with Gasteiger partial charge >= 0.3 is 16.5 Å². The Morgan fingerprint density at radius 2 is 0.478 bits per heavy atom. The highest BCUT2D eigenvalue weighted by Crippen LogP contribution is 2.57. The van der Waals surface area contributed by atoms with E-state index in [4.69, 9.17) is 25.8 Å². The molecule has 8 aromatic rings. The smallest absolute Gasteiger partial charge is 0.390 e. The molecule has 0 N–H and O–H groups in total. The van der Waals surface area contributed by atoms with Crippen molar-refractivity contribution in [3.63, 3.8) is 0 Å². The molecule has 0 spiro atoms. The summed E-state index contributed by atoms with van der Waals surface area (Å²) in [4.78, 5) is 0. The third-order valence-corrected chi connectivity index (χ3v) is 20.4. The molecule has 8 heteroatoms. The van der Waals surface area contributed by atoms with Gasteiger partial charge in [0.25, 0.3) is 0 Å². The van der Waals surface area contributed by atoms with Crippen molar-refractivity contribution in [2.75, 3.05) is 0 Å². The fourth-order valence-electron chi connectivity index (χ4n) is 15.1. The number of benzene rings is 6. The molecule has 0 aliphatic rings. The minimum Gasteiger partial charge on any atom is -0.390 e. The van der Waals surface area contributed by atoms with Gasteiger partial charge in [0.05, 0.1) is 0 Å². The lowest BCUT2D eigenvalue weighted by Gasteiger charge is -2.39. The quantitative estimate of drug-likeness (QED) is 0.115. The summed E-state index contributed by atoms with van der Waals surface area (Å²) in [6.45, 7) is 74.8. The second kappa shape index (κ2) is 24.4. The van der Waals surface area contributed by atoms with Crippen LogP contribution in [-0.4, -0.2) is 0 Å². The van der Waals surface area contributed by atoms with Crippen molar-refractivity contribution < 1.29 is 25.8 Å². The molecule has 6 aromatic carbocycles. The maximum Gasteiger partial charge on any atom is 0.453 e. The maximum atomic E-state index is 7.99. The molecule has 0 saturated heterocycles. The van der Waals surface area contributed by atoms with Crippen molar-refractivity contribution >= 4 is 60.4 Å². The standard InChI is InChI=1S/C84H120O6P2/c1-73(2,3)49-81(25,26)57-45-63(71(65(47-57)83(29,30)51-75(7,8)9)89-91-85-67-37-33-53(77(13,14)15)41-59(67)60-42-54(78(16,17)18)34-38-68(60)86-91)64-46-58(82(27,28)50-74(4,5)6)48-66(84(31,32)52-76(10,11)12)72(64)90-92-87-69-39-35-55(79(19,20)21)43-61(69)62-44-56(80(22,23)24)36-40-70(62)88-92/h33-48H,49-52H2,1-32H3. The first-order valence-corrected chi connectivity index (χ1v) is 36.4. The number of rotatable bonds is 13. The molecule has 92 heavy (non-hydrogen) atoms. The van der Waals surface area contributed by atoms with E-state index in [0.717, 1.165) is 91.8 Å². The minimum atomic E-state index is -2.18. The summed E-state index contributed by atoms with van der Waals surface area (Å²) in [7, 11) is -4.36. The molecule has 0 saturated carbocycles. The predicted molar refractivity (Wildman–Crippen MR) is 400 cm³/mol. The molecule has 2 aromatic heterocycles. The second-order valence-corrected chi connectivity index (χ2v) is 41.1. The third-order valence-electron chi connectivity index (χ3n) is 18.4. The first kappa shape index (κ1) is 72.5. The van der Waals surface area contributed by atoms with Gasteiger partial charge in [-0.25, -0.2) is 0 Å². The summed E-state index contributed by atoms with van der Waals surface area (Å²) in [5.41, 5.74) is 12.2. The van der Waals surface area contributed by atoms with Crippen LogP contribution in [-0.2, 0) is 43.3 Å². The van der Waals surface area contributed by atoms with Crippen LogP contribution < -0.4 is 9.05 Å². The Morgan fingerprint density at radius 1 is 0.261 bits per heavy atom. The van der Waals surface area contributed by atoms with E-state index in [1.54, 1.807) is 0 Å². The van der Waals surface area contributed by atoms with Gasteiger partial charge < -0.3 is 25.8 Å². The zero-order valence-corrected chi connectivity index (χ0v) is 65.2. The van der Waals surface area contributed by atoms with Crippen molar-refractivity contribution in [1.29, 1.82) is 0 Å². The van der Waals surface area contributed by atoms with Gasteiger partial charge in [-0.1, -0.05) is 258 Å². The largest absolute Gasteiger partial charge is 0.453 e. The lowest BCUT2D eigenvalue weighted by Crippen LogP contribution is -2.29. The van der Waals surface area contributed by atoms with E-state index in [2.05, 4.69) is 319 Å². The second-order valence-electron chi connectivity index (χ2n) is 39.1.